The number of nitrogens with zero attached hydrogens (tertiary/aromatic N) is 1. The highest BCUT2D eigenvalue weighted by Gasteiger charge is 2.30. The summed E-state index contributed by atoms with van der Waals surface area (Å²) in [5.74, 6) is 1.07. The first-order chi connectivity index (χ1) is 14.9. The lowest BCUT2D eigenvalue weighted by molar-refractivity contribution is 0.0996. The molecule has 0 spiro atoms. The molecule has 1 saturated carbocycles. The van der Waals surface area contributed by atoms with E-state index in [4.69, 9.17) is 13.7 Å². The molecule has 8 heteroatoms. The van der Waals surface area contributed by atoms with Crippen LogP contribution in [0.25, 0.3) is 0 Å². The topological polar surface area (TPSA) is 82.1 Å². The Morgan fingerprint density at radius 2 is 1.84 bits per heavy atom. The fourth-order valence-corrected chi connectivity index (χ4v) is 4.48. The van der Waals surface area contributed by atoms with Crippen molar-refractivity contribution in [1.29, 1.82) is 0 Å². The van der Waals surface area contributed by atoms with E-state index >= 15 is 0 Å². The first-order valence-corrected chi connectivity index (χ1v) is 12.1. The smallest absolute Gasteiger partial charge is 0.267 e. The van der Waals surface area contributed by atoms with Gasteiger partial charge in [0.2, 0.25) is 0 Å². The average Bonchev–Trinajstić information content (AvgIpc) is 3.40. The van der Waals surface area contributed by atoms with Gasteiger partial charge in [0, 0.05) is 17.3 Å². The first kappa shape index (κ1) is 21.6. The molecule has 2 aliphatic rings. The van der Waals surface area contributed by atoms with Crippen LogP contribution in [0.3, 0.4) is 0 Å². The van der Waals surface area contributed by atoms with E-state index < -0.39 is 10.1 Å². The lowest BCUT2D eigenvalue weighted by Crippen LogP contribution is -2.23. The summed E-state index contributed by atoms with van der Waals surface area (Å²) in [6, 6.07) is 10.9. The van der Waals surface area contributed by atoms with Gasteiger partial charge in [-0.2, -0.15) is 8.42 Å². The zero-order valence-electron chi connectivity index (χ0n) is 17.8. The summed E-state index contributed by atoms with van der Waals surface area (Å²) in [6.45, 7) is 1.88. The van der Waals surface area contributed by atoms with E-state index in [1.54, 1.807) is 24.1 Å². The molecular weight excluding hydrogens is 418 g/mol. The van der Waals surface area contributed by atoms with Crippen LogP contribution in [0.1, 0.15) is 54.1 Å². The van der Waals surface area contributed by atoms with Gasteiger partial charge in [0.1, 0.15) is 0 Å². The number of carbonyl (C=O) groups excluding carboxylic acids is 1. The summed E-state index contributed by atoms with van der Waals surface area (Å²) in [5, 5.41) is 0. The SMILES string of the molecule is CCS(=O)(=O)OCc1ccc2c(c1)C(=O)N(c1ccc(OC)c(OC3CCCC3)c1)C2. The second kappa shape index (κ2) is 8.88. The molecule has 2 aromatic rings. The number of fused-ring (bicyclic) bond motifs is 1. The van der Waals surface area contributed by atoms with E-state index in [0.29, 0.717) is 29.2 Å². The molecule has 0 saturated heterocycles. The lowest BCUT2D eigenvalue weighted by atomic mass is 10.1. The van der Waals surface area contributed by atoms with Crippen molar-refractivity contribution in [2.45, 2.75) is 51.9 Å². The maximum Gasteiger partial charge on any atom is 0.267 e. The highest BCUT2D eigenvalue weighted by molar-refractivity contribution is 7.86. The summed E-state index contributed by atoms with van der Waals surface area (Å²) in [7, 11) is -1.93. The number of methoxy groups -OCH3 is 1. The van der Waals surface area contributed by atoms with Crippen LogP contribution in [-0.2, 0) is 27.5 Å². The van der Waals surface area contributed by atoms with Crippen LogP contribution in [0.15, 0.2) is 36.4 Å². The van der Waals surface area contributed by atoms with Gasteiger partial charge in [-0.15, -0.1) is 0 Å². The van der Waals surface area contributed by atoms with E-state index in [1.165, 1.54) is 6.92 Å². The van der Waals surface area contributed by atoms with Gasteiger partial charge in [-0.1, -0.05) is 12.1 Å². The quantitative estimate of drug-likeness (QED) is 0.571. The lowest BCUT2D eigenvalue weighted by Gasteiger charge is -2.20. The number of ether oxygens (including phenoxy) is 2. The maximum absolute atomic E-state index is 13.1. The molecule has 0 bridgehead atoms. The molecule has 166 valence electrons. The minimum Gasteiger partial charge on any atom is -0.493 e. The van der Waals surface area contributed by atoms with Crippen molar-refractivity contribution in [3.63, 3.8) is 0 Å². The molecule has 7 nitrogen and oxygen atoms in total. The average molecular weight is 446 g/mol. The third kappa shape index (κ3) is 4.70. The number of hydrogen-bond acceptors (Lipinski definition) is 6. The van der Waals surface area contributed by atoms with Gasteiger partial charge in [0.15, 0.2) is 11.5 Å². The molecule has 1 aliphatic carbocycles. The maximum atomic E-state index is 13.1. The fourth-order valence-electron chi connectivity index (χ4n) is 4.00. The van der Waals surface area contributed by atoms with Crippen LogP contribution in [0.4, 0.5) is 5.69 Å². The summed E-state index contributed by atoms with van der Waals surface area (Å²) in [4.78, 5) is 14.8. The van der Waals surface area contributed by atoms with Crippen LogP contribution in [0, 0.1) is 0 Å². The van der Waals surface area contributed by atoms with Gasteiger partial charge in [-0.05, 0) is 61.9 Å². The Hall–Kier alpha value is -2.58. The van der Waals surface area contributed by atoms with E-state index in [9.17, 15) is 13.2 Å². The van der Waals surface area contributed by atoms with Crippen molar-refractivity contribution in [3.8, 4) is 11.5 Å². The van der Waals surface area contributed by atoms with Gasteiger partial charge in [-0.25, -0.2) is 0 Å². The number of amides is 1. The monoisotopic (exact) mass is 445 g/mol. The van der Waals surface area contributed by atoms with Gasteiger partial charge in [0.05, 0.1) is 32.1 Å². The number of anilines is 1. The van der Waals surface area contributed by atoms with Crippen molar-refractivity contribution in [1.82, 2.24) is 0 Å². The van der Waals surface area contributed by atoms with Crippen molar-refractivity contribution >= 4 is 21.7 Å². The molecular formula is C23H27NO6S. The van der Waals surface area contributed by atoms with Crippen molar-refractivity contribution in [3.05, 3.63) is 53.1 Å². The predicted octanol–water partition coefficient (Wildman–Crippen LogP) is 4.04. The van der Waals surface area contributed by atoms with E-state index in [1.807, 2.05) is 24.3 Å². The van der Waals surface area contributed by atoms with Crippen molar-refractivity contribution < 1.29 is 26.9 Å². The van der Waals surface area contributed by atoms with Crippen LogP contribution >= 0.6 is 0 Å². The Kier molecular flexibility index (Phi) is 6.20. The van der Waals surface area contributed by atoms with Gasteiger partial charge >= 0.3 is 0 Å². The van der Waals surface area contributed by atoms with Gasteiger partial charge in [-0.3, -0.25) is 8.98 Å². The Morgan fingerprint density at radius 1 is 1.06 bits per heavy atom. The number of carbonyl (C=O) groups is 1. The third-order valence-electron chi connectivity index (χ3n) is 5.79. The zero-order valence-corrected chi connectivity index (χ0v) is 18.6. The molecule has 0 aromatic heterocycles. The summed E-state index contributed by atoms with van der Waals surface area (Å²) in [6.07, 6.45) is 4.56. The fraction of sp³-hybridized carbons (Fsp3) is 0.435. The normalized spacial score (nSPS) is 16.6. The summed E-state index contributed by atoms with van der Waals surface area (Å²) < 4.78 is 39.8. The Bertz CT molecular complexity index is 1080. The minimum absolute atomic E-state index is 0.0847. The molecule has 0 N–H and O–H groups in total. The highest BCUT2D eigenvalue weighted by Crippen LogP contribution is 2.37. The Morgan fingerprint density at radius 3 is 2.55 bits per heavy atom. The number of benzene rings is 2. The van der Waals surface area contributed by atoms with Crippen molar-refractivity contribution in [2.75, 3.05) is 17.8 Å². The highest BCUT2D eigenvalue weighted by atomic mass is 32.2. The molecule has 31 heavy (non-hydrogen) atoms. The Labute approximate surface area is 183 Å². The molecule has 1 aliphatic heterocycles. The summed E-state index contributed by atoms with van der Waals surface area (Å²) >= 11 is 0. The van der Waals surface area contributed by atoms with Gasteiger partial charge in [0.25, 0.3) is 16.0 Å². The number of rotatable bonds is 8. The second-order valence-corrected chi connectivity index (χ2v) is 9.78. The standard InChI is InChI=1S/C23H27NO6S/c1-3-31(26,27)29-15-16-8-9-17-14-24(23(25)20(17)12-16)18-10-11-21(28-2)22(13-18)30-19-6-4-5-7-19/h8-13,19H,3-7,14-15H2,1-2H3. The predicted molar refractivity (Wildman–Crippen MR) is 117 cm³/mol. The van der Waals surface area contributed by atoms with E-state index in [-0.39, 0.29) is 24.4 Å². The number of hydrogen-bond donors (Lipinski definition) is 0. The van der Waals surface area contributed by atoms with E-state index in [0.717, 1.165) is 36.9 Å². The molecule has 0 atom stereocenters. The molecule has 1 fully saturated rings. The van der Waals surface area contributed by atoms with Crippen LogP contribution in [0.2, 0.25) is 0 Å². The van der Waals surface area contributed by atoms with Crippen LogP contribution in [-0.4, -0.2) is 33.3 Å². The zero-order chi connectivity index (χ0) is 22.0. The van der Waals surface area contributed by atoms with Crippen LogP contribution in [0.5, 0.6) is 11.5 Å². The molecule has 1 amide bonds. The molecule has 4 rings (SSSR count). The first-order valence-electron chi connectivity index (χ1n) is 10.6. The molecule has 0 unspecified atom stereocenters. The summed E-state index contributed by atoms with van der Waals surface area (Å²) in [5.41, 5.74) is 2.83. The van der Waals surface area contributed by atoms with E-state index in [2.05, 4.69) is 0 Å². The minimum atomic E-state index is -3.54. The largest absolute Gasteiger partial charge is 0.493 e. The Balaban J connectivity index is 1.54. The molecule has 1 heterocycles. The van der Waals surface area contributed by atoms with Crippen molar-refractivity contribution in [2.24, 2.45) is 0 Å². The van der Waals surface area contributed by atoms with Gasteiger partial charge < -0.3 is 14.4 Å². The molecule has 0 radical (unpaired) electrons. The third-order valence-corrected chi connectivity index (χ3v) is 6.98. The second-order valence-electron chi connectivity index (χ2n) is 7.85. The van der Waals surface area contributed by atoms with Crippen LogP contribution < -0.4 is 14.4 Å². The molecule has 2 aromatic carbocycles.